The molecule has 5 heteroatoms. The van der Waals surface area contributed by atoms with E-state index in [1.54, 1.807) is 19.1 Å². The molecule has 0 aliphatic carbocycles. The molecule has 1 atom stereocenters. The number of carbonyl (C=O) groups excluding carboxylic acids is 2. The molecule has 1 amide bonds. The zero-order chi connectivity index (χ0) is 18.3. The van der Waals surface area contributed by atoms with Crippen LogP contribution in [0.1, 0.15) is 29.8 Å². The SMILES string of the molecule is CCn1ccc2cc(NC(=O)C3(C)Cc4ccccc4C(=O)O3)ccc21. The first kappa shape index (κ1) is 16.4. The number of nitrogens with zero attached hydrogens (tertiary/aromatic N) is 1. The third-order valence-corrected chi connectivity index (χ3v) is 4.93. The topological polar surface area (TPSA) is 60.3 Å². The summed E-state index contributed by atoms with van der Waals surface area (Å²) in [5, 5.41) is 3.95. The van der Waals surface area contributed by atoms with Crippen molar-refractivity contribution in [3.63, 3.8) is 0 Å². The number of rotatable bonds is 3. The Morgan fingerprint density at radius 1 is 1.23 bits per heavy atom. The van der Waals surface area contributed by atoms with Crippen LogP contribution in [0, 0.1) is 0 Å². The first-order valence-corrected chi connectivity index (χ1v) is 8.72. The Labute approximate surface area is 151 Å². The third kappa shape index (κ3) is 2.65. The van der Waals surface area contributed by atoms with Gasteiger partial charge in [0.25, 0.3) is 5.91 Å². The molecule has 0 radical (unpaired) electrons. The number of hydrogen-bond donors (Lipinski definition) is 1. The van der Waals surface area contributed by atoms with Crippen LogP contribution >= 0.6 is 0 Å². The summed E-state index contributed by atoms with van der Waals surface area (Å²) < 4.78 is 7.63. The van der Waals surface area contributed by atoms with Crippen molar-refractivity contribution in [2.75, 3.05) is 5.32 Å². The summed E-state index contributed by atoms with van der Waals surface area (Å²) in [6, 6.07) is 15.0. The molecule has 1 aromatic heterocycles. The molecule has 5 nitrogen and oxygen atoms in total. The Balaban J connectivity index is 1.59. The number of carbonyl (C=O) groups is 2. The summed E-state index contributed by atoms with van der Waals surface area (Å²) >= 11 is 0. The van der Waals surface area contributed by atoms with Crippen LogP contribution in [0.3, 0.4) is 0 Å². The van der Waals surface area contributed by atoms with Crippen LogP contribution in [0.5, 0.6) is 0 Å². The highest BCUT2D eigenvalue weighted by Crippen LogP contribution is 2.30. The van der Waals surface area contributed by atoms with Crippen LogP contribution in [-0.2, 0) is 22.5 Å². The normalized spacial score (nSPS) is 19.1. The van der Waals surface area contributed by atoms with E-state index in [1.165, 1.54) is 0 Å². The number of aromatic nitrogens is 1. The van der Waals surface area contributed by atoms with E-state index in [-0.39, 0.29) is 5.91 Å². The van der Waals surface area contributed by atoms with E-state index >= 15 is 0 Å². The molecule has 1 N–H and O–H groups in total. The number of benzene rings is 2. The average molecular weight is 348 g/mol. The minimum Gasteiger partial charge on any atom is -0.445 e. The van der Waals surface area contributed by atoms with Crippen molar-refractivity contribution >= 4 is 28.5 Å². The largest absolute Gasteiger partial charge is 0.445 e. The van der Waals surface area contributed by atoms with Crippen LogP contribution in [0.2, 0.25) is 0 Å². The van der Waals surface area contributed by atoms with Gasteiger partial charge in [0.05, 0.1) is 5.56 Å². The van der Waals surface area contributed by atoms with E-state index < -0.39 is 11.6 Å². The maximum absolute atomic E-state index is 12.8. The molecular weight excluding hydrogens is 328 g/mol. The molecule has 0 saturated carbocycles. The number of esters is 1. The van der Waals surface area contributed by atoms with E-state index in [4.69, 9.17) is 4.74 Å². The number of anilines is 1. The first-order chi connectivity index (χ1) is 12.5. The molecule has 2 heterocycles. The third-order valence-electron chi connectivity index (χ3n) is 4.93. The van der Waals surface area contributed by atoms with Crippen molar-refractivity contribution in [2.24, 2.45) is 0 Å². The molecule has 1 aliphatic rings. The van der Waals surface area contributed by atoms with Gasteiger partial charge in [-0.25, -0.2) is 4.79 Å². The molecule has 0 saturated heterocycles. The number of hydrogen-bond acceptors (Lipinski definition) is 3. The molecule has 0 spiro atoms. The van der Waals surface area contributed by atoms with Crippen LogP contribution < -0.4 is 5.32 Å². The predicted octanol–water partition coefficient (Wildman–Crippen LogP) is 3.77. The highest BCUT2D eigenvalue weighted by Gasteiger charge is 2.42. The van der Waals surface area contributed by atoms with E-state index in [0.29, 0.717) is 17.7 Å². The lowest BCUT2D eigenvalue weighted by atomic mass is 9.89. The van der Waals surface area contributed by atoms with Crippen molar-refractivity contribution in [3.8, 4) is 0 Å². The Bertz CT molecular complexity index is 1020. The van der Waals surface area contributed by atoms with Gasteiger partial charge in [-0.15, -0.1) is 0 Å². The second-order valence-corrected chi connectivity index (χ2v) is 6.78. The number of aryl methyl sites for hydroxylation is 1. The highest BCUT2D eigenvalue weighted by atomic mass is 16.6. The van der Waals surface area contributed by atoms with Crippen molar-refractivity contribution in [2.45, 2.75) is 32.4 Å². The van der Waals surface area contributed by atoms with Crippen molar-refractivity contribution in [3.05, 3.63) is 65.9 Å². The molecular formula is C21H20N2O3. The minimum atomic E-state index is -1.23. The van der Waals surface area contributed by atoms with E-state index in [1.807, 2.05) is 42.6 Å². The number of nitrogens with one attached hydrogen (secondary N) is 1. The second kappa shape index (κ2) is 6.02. The molecule has 3 aromatic rings. The van der Waals surface area contributed by atoms with Gasteiger partial charge in [0.2, 0.25) is 0 Å². The summed E-state index contributed by atoms with van der Waals surface area (Å²) in [6.45, 7) is 4.64. The fraction of sp³-hybridized carbons (Fsp3) is 0.238. The lowest BCUT2D eigenvalue weighted by molar-refractivity contribution is -0.134. The average Bonchev–Trinajstić information content (AvgIpc) is 3.04. The maximum atomic E-state index is 12.8. The van der Waals surface area contributed by atoms with Gasteiger partial charge in [0.1, 0.15) is 0 Å². The Morgan fingerprint density at radius 2 is 2.04 bits per heavy atom. The monoisotopic (exact) mass is 348 g/mol. The van der Waals surface area contributed by atoms with Crippen molar-refractivity contribution in [1.82, 2.24) is 4.57 Å². The minimum absolute atomic E-state index is 0.324. The molecule has 0 fully saturated rings. The Morgan fingerprint density at radius 3 is 2.85 bits per heavy atom. The van der Waals surface area contributed by atoms with Crippen LogP contribution in [0.25, 0.3) is 10.9 Å². The van der Waals surface area contributed by atoms with Gasteiger partial charge in [0, 0.05) is 35.8 Å². The molecule has 0 bridgehead atoms. The van der Waals surface area contributed by atoms with Gasteiger partial charge >= 0.3 is 5.97 Å². The molecule has 1 aliphatic heterocycles. The standard InChI is InChI=1S/C21H20N2O3/c1-3-23-11-10-14-12-16(8-9-18(14)23)22-20(25)21(2)13-15-6-4-5-7-17(15)19(24)26-21/h4-12H,3,13H2,1-2H3,(H,22,25). The molecule has 132 valence electrons. The lowest BCUT2D eigenvalue weighted by Gasteiger charge is -2.33. The zero-order valence-corrected chi connectivity index (χ0v) is 14.8. The van der Waals surface area contributed by atoms with Gasteiger partial charge in [-0.1, -0.05) is 18.2 Å². The summed E-state index contributed by atoms with van der Waals surface area (Å²) in [5.74, 6) is -0.783. The number of cyclic esters (lactones) is 1. The maximum Gasteiger partial charge on any atom is 0.339 e. The second-order valence-electron chi connectivity index (χ2n) is 6.78. The summed E-state index contributed by atoms with van der Waals surface area (Å²) in [6.07, 6.45) is 2.38. The van der Waals surface area contributed by atoms with Gasteiger partial charge in [-0.05, 0) is 49.7 Å². The van der Waals surface area contributed by atoms with Crippen LogP contribution in [0.4, 0.5) is 5.69 Å². The molecule has 26 heavy (non-hydrogen) atoms. The number of ether oxygens (including phenoxy) is 1. The van der Waals surface area contributed by atoms with Gasteiger partial charge in [-0.2, -0.15) is 0 Å². The summed E-state index contributed by atoms with van der Waals surface area (Å²) in [5.41, 5.74) is 1.94. The van der Waals surface area contributed by atoms with Gasteiger partial charge < -0.3 is 14.6 Å². The number of amides is 1. The summed E-state index contributed by atoms with van der Waals surface area (Å²) in [7, 11) is 0. The van der Waals surface area contributed by atoms with Gasteiger partial charge in [-0.3, -0.25) is 4.79 Å². The van der Waals surface area contributed by atoms with Crippen molar-refractivity contribution < 1.29 is 14.3 Å². The van der Waals surface area contributed by atoms with E-state index in [9.17, 15) is 9.59 Å². The quantitative estimate of drug-likeness (QED) is 0.733. The van der Waals surface area contributed by atoms with E-state index in [2.05, 4.69) is 16.8 Å². The zero-order valence-electron chi connectivity index (χ0n) is 14.8. The van der Waals surface area contributed by atoms with Crippen LogP contribution in [-0.4, -0.2) is 22.0 Å². The predicted molar refractivity (Wildman–Crippen MR) is 100 cm³/mol. The summed E-state index contributed by atoms with van der Waals surface area (Å²) in [4.78, 5) is 25.1. The van der Waals surface area contributed by atoms with E-state index in [0.717, 1.165) is 23.0 Å². The Kier molecular flexibility index (Phi) is 3.80. The number of fused-ring (bicyclic) bond motifs is 2. The molecule has 1 unspecified atom stereocenters. The Hall–Kier alpha value is -3.08. The molecule has 2 aromatic carbocycles. The fourth-order valence-corrected chi connectivity index (χ4v) is 3.48. The van der Waals surface area contributed by atoms with Crippen LogP contribution in [0.15, 0.2) is 54.7 Å². The lowest BCUT2D eigenvalue weighted by Crippen LogP contribution is -2.48. The van der Waals surface area contributed by atoms with Crippen molar-refractivity contribution in [1.29, 1.82) is 0 Å². The smallest absolute Gasteiger partial charge is 0.339 e. The fourth-order valence-electron chi connectivity index (χ4n) is 3.48. The highest BCUT2D eigenvalue weighted by molar-refractivity contribution is 6.03. The molecule has 4 rings (SSSR count). The first-order valence-electron chi connectivity index (χ1n) is 8.72. The van der Waals surface area contributed by atoms with Gasteiger partial charge in [0.15, 0.2) is 5.60 Å².